The van der Waals surface area contributed by atoms with Crippen LogP contribution in [-0.4, -0.2) is 5.91 Å². The molecule has 0 aliphatic heterocycles. The summed E-state index contributed by atoms with van der Waals surface area (Å²) in [5, 5.41) is 3.46. The standard InChI is InChI=1S/C17H17ClN2O/c18-13-8-4-9-14(19)16(13)17(21)20-15-10-3-6-11-5-1-2-7-12(11)15/h1-2,4-5,7-9,15H,3,6,10,19H2,(H,20,21). The maximum Gasteiger partial charge on any atom is 0.255 e. The number of fused-ring (bicyclic) bond motifs is 1. The SMILES string of the molecule is Nc1cccc(Cl)c1C(=O)NC1CCCc2ccccc21. The first-order valence-corrected chi connectivity index (χ1v) is 7.47. The number of nitrogen functional groups attached to an aromatic ring is 1. The highest BCUT2D eigenvalue weighted by Crippen LogP contribution is 2.30. The highest BCUT2D eigenvalue weighted by Gasteiger charge is 2.23. The van der Waals surface area contributed by atoms with Gasteiger partial charge in [0.1, 0.15) is 0 Å². The lowest BCUT2D eigenvalue weighted by Crippen LogP contribution is -2.31. The number of nitrogens with two attached hydrogens (primary N) is 1. The van der Waals surface area contributed by atoms with E-state index in [4.69, 9.17) is 17.3 Å². The predicted octanol–water partition coefficient (Wildman–Crippen LogP) is 3.73. The first-order chi connectivity index (χ1) is 10.2. The second-order valence-corrected chi connectivity index (χ2v) is 5.73. The molecular formula is C17H17ClN2O. The molecule has 1 aliphatic carbocycles. The molecule has 0 saturated heterocycles. The van der Waals surface area contributed by atoms with Gasteiger partial charge in [-0.3, -0.25) is 4.79 Å². The number of halogens is 1. The van der Waals surface area contributed by atoms with Gasteiger partial charge < -0.3 is 11.1 Å². The Bertz CT molecular complexity index is 664. The molecule has 0 aromatic heterocycles. The Hall–Kier alpha value is -2.00. The molecular weight excluding hydrogens is 284 g/mol. The van der Waals surface area contributed by atoms with E-state index in [1.807, 2.05) is 12.1 Å². The van der Waals surface area contributed by atoms with Crippen molar-refractivity contribution in [2.24, 2.45) is 0 Å². The smallest absolute Gasteiger partial charge is 0.255 e. The van der Waals surface area contributed by atoms with Gasteiger partial charge in [-0.05, 0) is 42.5 Å². The summed E-state index contributed by atoms with van der Waals surface area (Å²) in [7, 11) is 0. The molecule has 0 spiro atoms. The molecule has 3 nitrogen and oxygen atoms in total. The third-order valence-corrected chi connectivity index (χ3v) is 4.26. The van der Waals surface area contributed by atoms with E-state index in [1.54, 1.807) is 18.2 Å². The Morgan fingerprint density at radius 3 is 2.81 bits per heavy atom. The first kappa shape index (κ1) is 14.0. The lowest BCUT2D eigenvalue weighted by molar-refractivity contribution is 0.0934. The maximum atomic E-state index is 12.5. The summed E-state index contributed by atoms with van der Waals surface area (Å²) in [6.07, 6.45) is 3.07. The van der Waals surface area contributed by atoms with Crippen LogP contribution in [0, 0.1) is 0 Å². The van der Waals surface area contributed by atoms with Crippen LogP contribution < -0.4 is 11.1 Å². The van der Waals surface area contributed by atoms with E-state index in [0.29, 0.717) is 16.3 Å². The molecule has 1 unspecified atom stereocenters. The molecule has 108 valence electrons. The third-order valence-electron chi connectivity index (χ3n) is 3.95. The molecule has 0 bridgehead atoms. The van der Waals surface area contributed by atoms with Crippen LogP contribution in [0.2, 0.25) is 5.02 Å². The van der Waals surface area contributed by atoms with Gasteiger partial charge in [-0.15, -0.1) is 0 Å². The lowest BCUT2D eigenvalue weighted by atomic mass is 9.87. The van der Waals surface area contributed by atoms with Gasteiger partial charge in [0, 0.05) is 5.69 Å². The van der Waals surface area contributed by atoms with Crippen molar-refractivity contribution in [1.82, 2.24) is 5.32 Å². The van der Waals surface area contributed by atoms with Gasteiger partial charge in [-0.25, -0.2) is 0 Å². The van der Waals surface area contributed by atoms with Gasteiger partial charge in [0.2, 0.25) is 0 Å². The Balaban J connectivity index is 1.86. The van der Waals surface area contributed by atoms with Gasteiger partial charge in [0.15, 0.2) is 0 Å². The zero-order chi connectivity index (χ0) is 14.8. The largest absolute Gasteiger partial charge is 0.398 e. The summed E-state index contributed by atoms with van der Waals surface area (Å²) in [5.41, 5.74) is 9.15. The number of carbonyl (C=O) groups excluding carboxylic acids is 1. The Morgan fingerprint density at radius 1 is 1.19 bits per heavy atom. The van der Waals surface area contributed by atoms with E-state index in [2.05, 4.69) is 17.4 Å². The quantitative estimate of drug-likeness (QED) is 0.830. The minimum absolute atomic E-state index is 0.0260. The summed E-state index contributed by atoms with van der Waals surface area (Å²) in [6.45, 7) is 0. The molecule has 3 N–H and O–H groups in total. The minimum Gasteiger partial charge on any atom is -0.398 e. The van der Waals surface area contributed by atoms with Crippen molar-refractivity contribution < 1.29 is 4.79 Å². The van der Waals surface area contributed by atoms with Crippen LogP contribution in [0.1, 0.15) is 40.4 Å². The van der Waals surface area contributed by atoms with Crippen molar-refractivity contribution in [2.75, 3.05) is 5.73 Å². The van der Waals surface area contributed by atoms with E-state index < -0.39 is 0 Å². The Kier molecular flexibility index (Phi) is 3.84. The number of aryl methyl sites for hydroxylation is 1. The van der Waals surface area contributed by atoms with E-state index in [1.165, 1.54) is 11.1 Å². The number of benzene rings is 2. The topological polar surface area (TPSA) is 55.1 Å². The highest BCUT2D eigenvalue weighted by atomic mass is 35.5. The molecule has 1 amide bonds. The van der Waals surface area contributed by atoms with Crippen LogP contribution in [0.15, 0.2) is 42.5 Å². The monoisotopic (exact) mass is 300 g/mol. The zero-order valence-corrected chi connectivity index (χ0v) is 12.4. The first-order valence-electron chi connectivity index (χ1n) is 7.09. The van der Waals surface area contributed by atoms with Crippen molar-refractivity contribution in [2.45, 2.75) is 25.3 Å². The average molecular weight is 301 g/mol. The molecule has 0 radical (unpaired) electrons. The zero-order valence-electron chi connectivity index (χ0n) is 11.6. The molecule has 2 aromatic rings. The summed E-state index contributed by atoms with van der Waals surface area (Å²) in [4.78, 5) is 12.5. The molecule has 0 heterocycles. The number of hydrogen-bond donors (Lipinski definition) is 2. The average Bonchev–Trinajstić information content (AvgIpc) is 2.47. The normalized spacial score (nSPS) is 17.1. The number of nitrogens with one attached hydrogen (secondary N) is 1. The molecule has 0 fully saturated rings. The van der Waals surface area contributed by atoms with Gasteiger partial charge in [-0.2, -0.15) is 0 Å². The van der Waals surface area contributed by atoms with Gasteiger partial charge in [-0.1, -0.05) is 41.9 Å². The van der Waals surface area contributed by atoms with Crippen LogP contribution in [0.4, 0.5) is 5.69 Å². The lowest BCUT2D eigenvalue weighted by Gasteiger charge is -2.26. The van der Waals surface area contributed by atoms with Crippen molar-refractivity contribution in [3.8, 4) is 0 Å². The summed E-state index contributed by atoms with van der Waals surface area (Å²) in [5.74, 6) is -0.209. The van der Waals surface area contributed by atoms with Crippen molar-refractivity contribution >= 4 is 23.2 Å². The molecule has 2 aromatic carbocycles. The number of carbonyl (C=O) groups is 1. The second-order valence-electron chi connectivity index (χ2n) is 5.32. The molecule has 3 rings (SSSR count). The van der Waals surface area contributed by atoms with Gasteiger partial charge >= 0.3 is 0 Å². The van der Waals surface area contributed by atoms with Crippen molar-refractivity contribution in [3.63, 3.8) is 0 Å². The van der Waals surface area contributed by atoms with Crippen LogP contribution in [-0.2, 0) is 6.42 Å². The third kappa shape index (κ3) is 2.74. The number of hydrogen-bond acceptors (Lipinski definition) is 2. The van der Waals surface area contributed by atoms with Gasteiger partial charge in [0.05, 0.1) is 16.6 Å². The van der Waals surface area contributed by atoms with Crippen LogP contribution >= 0.6 is 11.6 Å². The predicted molar refractivity (Wildman–Crippen MR) is 85.5 cm³/mol. The Labute approximate surface area is 129 Å². The van der Waals surface area contributed by atoms with Crippen molar-refractivity contribution in [1.29, 1.82) is 0 Å². The van der Waals surface area contributed by atoms with Gasteiger partial charge in [0.25, 0.3) is 5.91 Å². The summed E-state index contributed by atoms with van der Waals surface area (Å²) >= 11 is 6.10. The number of anilines is 1. The van der Waals surface area contributed by atoms with E-state index in [-0.39, 0.29) is 11.9 Å². The Morgan fingerprint density at radius 2 is 2.00 bits per heavy atom. The van der Waals surface area contributed by atoms with E-state index in [9.17, 15) is 4.79 Å². The number of rotatable bonds is 2. The minimum atomic E-state index is -0.209. The molecule has 1 aliphatic rings. The second kappa shape index (κ2) is 5.78. The van der Waals surface area contributed by atoms with Crippen molar-refractivity contribution in [3.05, 3.63) is 64.2 Å². The molecule has 4 heteroatoms. The van der Waals surface area contributed by atoms with Crippen LogP contribution in [0.25, 0.3) is 0 Å². The molecule has 0 saturated carbocycles. The fraction of sp³-hybridized carbons (Fsp3) is 0.235. The highest BCUT2D eigenvalue weighted by molar-refractivity contribution is 6.34. The van der Waals surface area contributed by atoms with Crippen LogP contribution in [0.3, 0.4) is 0 Å². The summed E-state index contributed by atoms with van der Waals surface area (Å²) in [6, 6.07) is 13.4. The summed E-state index contributed by atoms with van der Waals surface area (Å²) < 4.78 is 0. The van der Waals surface area contributed by atoms with E-state index in [0.717, 1.165) is 19.3 Å². The van der Waals surface area contributed by atoms with Crippen LogP contribution in [0.5, 0.6) is 0 Å². The fourth-order valence-corrected chi connectivity index (χ4v) is 3.18. The van der Waals surface area contributed by atoms with E-state index >= 15 is 0 Å². The maximum absolute atomic E-state index is 12.5. The number of amides is 1. The molecule has 21 heavy (non-hydrogen) atoms. The molecule has 1 atom stereocenters. The fourth-order valence-electron chi connectivity index (χ4n) is 2.91.